The quantitative estimate of drug-likeness (QED) is 0.843. The molecule has 1 aliphatic heterocycles. The number of rotatable bonds is 6. The number of carbonyl (C=O) groups is 1. The standard InChI is InChI=1S/C19H22N2O4S/c1-15-8-9-16(14-18(15)21-11-5-13-26(21,23)24)20-19(22)10-12-25-17-6-3-2-4-7-17/h2-4,6-9,14H,5,10-13H2,1H3,(H,20,22). The summed E-state index contributed by atoms with van der Waals surface area (Å²) in [5, 5.41) is 2.81. The van der Waals surface area contributed by atoms with Crippen LogP contribution in [0.3, 0.4) is 0 Å². The van der Waals surface area contributed by atoms with E-state index in [4.69, 9.17) is 4.74 Å². The number of para-hydroxylation sites is 1. The van der Waals surface area contributed by atoms with Crippen molar-refractivity contribution in [1.82, 2.24) is 0 Å². The lowest BCUT2D eigenvalue weighted by Gasteiger charge is -2.20. The van der Waals surface area contributed by atoms with E-state index in [1.165, 1.54) is 4.31 Å². The zero-order valence-corrected chi connectivity index (χ0v) is 15.5. The Morgan fingerprint density at radius 3 is 2.65 bits per heavy atom. The fourth-order valence-electron chi connectivity index (χ4n) is 2.87. The highest BCUT2D eigenvalue weighted by molar-refractivity contribution is 7.93. The largest absolute Gasteiger partial charge is 0.493 e. The van der Waals surface area contributed by atoms with Crippen molar-refractivity contribution in [3.8, 4) is 5.75 Å². The van der Waals surface area contributed by atoms with E-state index in [0.717, 1.165) is 11.3 Å². The van der Waals surface area contributed by atoms with Crippen LogP contribution in [0.4, 0.5) is 11.4 Å². The minimum Gasteiger partial charge on any atom is -0.493 e. The van der Waals surface area contributed by atoms with E-state index in [9.17, 15) is 13.2 Å². The normalized spacial score (nSPS) is 15.7. The maximum Gasteiger partial charge on any atom is 0.235 e. The Morgan fingerprint density at radius 2 is 1.96 bits per heavy atom. The summed E-state index contributed by atoms with van der Waals surface area (Å²) in [7, 11) is -3.25. The molecule has 0 aliphatic carbocycles. The van der Waals surface area contributed by atoms with Gasteiger partial charge in [0.1, 0.15) is 5.75 Å². The molecule has 0 aromatic heterocycles. The molecule has 26 heavy (non-hydrogen) atoms. The van der Waals surface area contributed by atoms with Gasteiger partial charge in [-0.2, -0.15) is 0 Å². The molecule has 6 nitrogen and oxygen atoms in total. The first kappa shape index (κ1) is 18.3. The number of benzene rings is 2. The number of aryl methyl sites for hydroxylation is 1. The van der Waals surface area contributed by atoms with E-state index in [-0.39, 0.29) is 24.7 Å². The molecule has 0 bridgehead atoms. The molecule has 1 saturated heterocycles. The Hall–Kier alpha value is -2.54. The highest BCUT2D eigenvalue weighted by Gasteiger charge is 2.29. The third-order valence-corrected chi connectivity index (χ3v) is 6.06. The lowest BCUT2D eigenvalue weighted by Crippen LogP contribution is -2.26. The Kier molecular flexibility index (Phi) is 5.46. The van der Waals surface area contributed by atoms with Gasteiger partial charge in [0.15, 0.2) is 0 Å². The highest BCUT2D eigenvalue weighted by atomic mass is 32.2. The summed E-state index contributed by atoms with van der Waals surface area (Å²) >= 11 is 0. The summed E-state index contributed by atoms with van der Waals surface area (Å²) in [5.74, 6) is 0.706. The van der Waals surface area contributed by atoms with Crippen LogP contribution in [-0.2, 0) is 14.8 Å². The summed E-state index contributed by atoms with van der Waals surface area (Å²) in [5.41, 5.74) is 2.07. The molecule has 0 spiro atoms. The number of nitrogens with zero attached hydrogens (tertiary/aromatic N) is 1. The van der Waals surface area contributed by atoms with Crippen molar-refractivity contribution < 1.29 is 17.9 Å². The molecular weight excluding hydrogens is 352 g/mol. The maximum absolute atomic E-state index is 12.1. The lowest BCUT2D eigenvalue weighted by atomic mass is 10.1. The summed E-state index contributed by atoms with van der Waals surface area (Å²) in [6, 6.07) is 14.6. The first-order chi connectivity index (χ1) is 12.5. The van der Waals surface area contributed by atoms with Crippen LogP contribution in [0.1, 0.15) is 18.4 Å². The van der Waals surface area contributed by atoms with Crippen LogP contribution in [-0.4, -0.2) is 33.2 Å². The second-order valence-electron chi connectivity index (χ2n) is 6.20. The summed E-state index contributed by atoms with van der Waals surface area (Å²) in [4.78, 5) is 12.1. The van der Waals surface area contributed by atoms with Crippen molar-refractivity contribution in [2.24, 2.45) is 0 Å². The van der Waals surface area contributed by atoms with Gasteiger partial charge in [0.2, 0.25) is 15.9 Å². The molecule has 7 heteroatoms. The molecule has 2 aromatic rings. The van der Waals surface area contributed by atoms with Gasteiger partial charge < -0.3 is 10.1 Å². The molecule has 0 unspecified atom stereocenters. The molecule has 0 radical (unpaired) electrons. The van der Waals surface area contributed by atoms with Crippen molar-refractivity contribution >= 4 is 27.3 Å². The van der Waals surface area contributed by atoms with Crippen LogP contribution in [0.5, 0.6) is 5.75 Å². The van der Waals surface area contributed by atoms with E-state index in [1.807, 2.05) is 43.3 Å². The second-order valence-corrected chi connectivity index (χ2v) is 8.22. The van der Waals surface area contributed by atoms with E-state index in [2.05, 4.69) is 5.32 Å². The molecule has 3 rings (SSSR count). The molecule has 2 aromatic carbocycles. The average Bonchev–Trinajstić information content (AvgIpc) is 2.96. The summed E-state index contributed by atoms with van der Waals surface area (Å²) in [6.45, 7) is 2.61. The van der Waals surface area contributed by atoms with Gasteiger partial charge in [-0.15, -0.1) is 0 Å². The van der Waals surface area contributed by atoms with Gasteiger partial charge in [-0.05, 0) is 43.2 Å². The van der Waals surface area contributed by atoms with Crippen molar-refractivity contribution in [3.63, 3.8) is 0 Å². The fraction of sp³-hybridized carbons (Fsp3) is 0.316. The van der Waals surface area contributed by atoms with Crippen LogP contribution in [0.25, 0.3) is 0 Å². The number of hydrogen-bond acceptors (Lipinski definition) is 4. The molecule has 1 heterocycles. The summed E-state index contributed by atoms with van der Waals surface area (Å²) in [6.07, 6.45) is 0.829. The molecule has 1 N–H and O–H groups in total. The Labute approximate surface area is 153 Å². The number of nitrogens with one attached hydrogen (secondary N) is 1. The molecule has 0 atom stereocenters. The first-order valence-electron chi connectivity index (χ1n) is 8.54. The maximum atomic E-state index is 12.1. The molecular formula is C19H22N2O4S. The van der Waals surface area contributed by atoms with E-state index in [0.29, 0.717) is 24.3 Å². The third kappa shape index (κ3) is 4.35. The van der Waals surface area contributed by atoms with Gasteiger partial charge in [-0.3, -0.25) is 9.10 Å². The van der Waals surface area contributed by atoms with E-state index < -0.39 is 10.0 Å². The van der Waals surface area contributed by atoms with Crippen LogP contribution in [0.2, 0.25) is 0 Å². The van der Waals surface area contributed by atoms with E-state index >= 15 is 0 Å². The van der Waals surface area contributed by atoms with Crippen molar-refractivity contribution in [1.29, 1.82) is 0 Å². The smallest absolute Gasteiger partial charge is 0.235 e. The van der Waals surface area contributed by atoms with Gasteiger partial charge in [0, 0.05) is 12.2 Å². The van der Waals surface area contributed by atoms with Crippen LogP contribution >= 0.6 is 0 Å². The number of amides is 1. The zero-order valence-electron chi connectivity index (χ0n) is 14.6. The lowest BCUT2D eigenvalue weighted by molar-refractivity contribution is -0.116. The SMILES string of the molecule is Cc1ccc(NC(=O)CCOc2ccccc2)cc1N1CCCS1(=O)=O. The Bertz CT molecular complexity index is 882. The predicted molar refractivity (Wildman–Crippen MR) is 102 cm³/mol. The minimum absolute atomic E-state index is 0.167. The monoisotopic (exact) mass is 374 g/mol. The predicted octanol–water partition coefficient (Wildman–Crippen LogP) is 2.94. The highest BCUT2D eigenvalue weighted by Crippen LogP contribution is 2.30. The van der Waals surface area contributed by atoms with Gasteiger partial charge in [0.05, 0.1) is 24.5 Å². The van der Waals surface area contributed by atoms with Crippen LogP contribution in [0, 0.1) is 6.92 Å². The molecule has 0 saturated carbocycles. The van der Waals surface area contributed by atoms with Crippen LogP contribution in [0.15, 0.2) is 48.5 Å². The third-order valence-electron chi connectivity index (χ3n) is 4.20. The Morgan fingerprint density at radius 1 is 1.19 bits per heavy atom. The molecule has 138 valence electrons. The summed E-state index contributed by atoms with van der Waals surface area (Å²) < 4.78 is 31.2. The van der Waals surface area contributed by atoms with Crippen molar-refractivity contribution in [2.45, 2.75) is 19.8 Å². The van der Waals surface area contributed by atoms with Gasteiger partial charge in [-0.25, -0.2) is 8.42 Å². The topological polar surface area (TPSA) is 75.7 Å². The minimum atomic E-state index is -3.25. The second kappa shape index (κ2) is 7.78. The molecule has 1 amide bonds. The van der Waals surface area contributed by atoms with Crippen LogP contribution < -0.4 is 14.4 Å². The van der Waals surface area contributed by atoms with E-state index in [1.54, 1.807) is 12.1 Å². The Balaban J connectivity index is 1.61. The number of sulfonamides is 1. The van der Waals surface area contributed by atoms with Crippen molar-refractivity contribution in [3.05, 3.63) is 54.1 Å². The molecule has 1 fully saturated rings. The number of anilines is 2. The number of carbonyl (C=O) groups excluding carboxylic acids is 1. The van der Waals surface area contributed by atoms with Crippen molar-refractivity contribution in [2.75, 3.05) is 28.5 Å². The fourth-order valence-corrected chi connectivity index (χ4v) is 4.49. The number of hydrogen-bond donors (Lipinski definition) is 1. The first-order valence-corrected chi connectivity index (χ1v) is 10.2. The van der Waals surface area contributed by atoms with Gasteiger partial charge in [-0.1, -0.05) is 24.3 Å². The zero-order chi connectivity index (χ0) is 18.6. The van der Waals surface area contributed by atoms with Gasteiger partial charge >= 0.3 is 0 Å². The number of ether oxygens (including phenoxy) is 1. The van der Waals surface area contributed by atoms with Gasteiger partial charge in [0.25, 0.3) is 0 Å². The average molecular weight is 374 g/mol. The molecule has 1 aliphatic rings.